The van der Waals surface area contributed by atoms with Crippen LogP contribution >= 0.6 is 22.7 Å². The number of aliphatic hydroxyl groups is 2. The normalized spacial score (nSPS) is 20.6. The van der Waals surface area contributed by atoms with Crippen molar-refractivity contribution in [3.05, 3.63) is 80.1 Å². The molecule has 11 rings (SSSR count). The summed E-state index contributed by atoms with van der Waals surface area (Å²) in [4.78, 5) is 56.7. The van der Waals surface area contributed by atoms with Gasteiger partial charge in [-0.15, -0.1) is 22.7 Å². The third kappa shape index (κ3) is 7.29. The molecule has 6 aromatic rings. The number of benzene rings is 2. The molecular formula is C44H43N9O7S2. The van der Waals surface area contributed by atoms with Crippen molar-refractivity contribution in [2.24, 2.45) is 21.8 Å². The molecule has 2 aliphatic carbocycles. The third-order valence-electron chi connectivity index (χ3n) is 12.4. The Morgan fingerprint density at radius 3 is 1.68 bits per heavy atom. The molecule has 0 bridgehead atoms. The maximum absolute atomic E-state index is 13.0. The molecule has 5 N–H and O–H groups in total. The van der Waals surface area contributed by atoms with Crippen LogP contribution < -0.4 is 20.1 Å². The summed E-state index contributed by atoms with van der Waals surface area (Å²) in [7, 11) is 3.30. The number of aliphatic carboxylic acids is 1. The number of hydrogen-bond donors (Lipinski definition) is 5. The SMILES string of the molecule is COc1cc2c(cc1Nc1ncnc3sc4c(c13)CCC(C(=O)N1C[C@H](O)[C@@H](O)C1)C4)C=NC2.COc1cc2c(cc1Nc1ncnc3sc4c(c13)CCC(C(=O)O)C4)C=NC2. The molecule has 2 unspecified atom stereocenters. The van der Waals surface area contributed by atoms with Crippen LogP contribution in [0, 0.1) is 11.8 Å². The first-order valence-electron chi connectivity index (χ1n) is 20.5. The highest BCUT2D eigenvalue weighted by atomic mass is 32.1. The number of carboxylic acid groups (broad SMARTS) is 1. The number of carbonyl (C=O) groups excluding carboxylic acids is 1. The number of fused-ring (bicyclic) bond motifs is 8. The summed E-state index contributed by atoms with van der Waals surface area (Å²) in [6.07, 6.45) is 9.15. The average molecular weight is 874 g/mol. The molecule has 0 radical (unpaired) electrons. The predicted octanol–water partition coefficient (Wildman–Crippen LogP) is 5.61. The van der Waals surface area contributed by atoms with Gasteiger partial charge in [-0.25, -0.2) is 19.9 Å². The number of aliphatic hydroxyl groups excluding tert-OH is 2. The lowest BCUT2D eigenvalue weighted by Gasteiger charge is -2.26. The van der Waals surface area contributed by atoms with Crippen molar-refractivity contribution in [2.45, 2.75) is 63.8 Å². The number of ether oxygens (including phenoxy) is 2. The Hall–Kier alpha value is -6.08. The van der Waals surface area contributed by atoms with Gasteiger partial charge in [-0.1, -0.05) is 0 Å². The molecular weight excluding hydrogens is 831 g/mol. The van der Waals surface area contributed by atoms with Gasteiger partial charge in [0.1, 0.15) is 45.5 Å². The summed E-state index contributed by atoms with van der Waals surface area (Å²) in [6, 6.07) is 8.07. The Kier molecular flexibility index (Phi) is 10.5. The van der Waals surface area contributed by atoms with Gasteiger partial charge in [-0.3, -0.25) is 19.6 Å². The van der Waals surface area contributed by atoms with Crippen molar-refractivity contribution in [2.75, 3.05) is 37.9 Å². The Morgan fingerprint density at radius 2 is 1.19 bits per heavy atom. The van der Waals surface area contributed by atoms with Crippen molar-refractivity contribution >= 4 is 90.4 Å². The van der Waals surface area contributed by atoms with Gasteiger partial charge in [-0.05, 0) is 96.2 Å². The summed E-state index contributed by atoms with van der Waals surface area (Å²) < 4.78 is 11.2. The minimum Gasteiger partial charge on any atom is -0.495 e. The second-order valence-corrected chi connectivity index (χ2v) is 18.3. The number of rotatable bonds is 8. The number of amides is 1. The smallest absolute Gasteiger partial charge is 0.306 e. The monoisotopic (exact) mass is 873 g/mol. The molecule has 2 aromatic carbocycles. The number of methoxy groups -OCH3 is 2. The lowest BCUT2D eigenvalue weighted by atomic mass is 9.87. The maximum Gasteiger partial charge on any atom is 0.306 e. The van der Waals surface area contributed by atoms with Gasteiger partial charge in [0.05, 0.1) is 67.6 Å². The van der Waals surface area contributed by atoms with Gasteiger partial charge in [0.25, 0.3) is 0 Å². The number of nitrogens with one attached hydrogen (secondary N) is 2. The summed E-state index contributed by atoms with van der Waals surface area (Å²) in [5.74, 6) is 1.74. The van der Waals surface area contributed by atoms with E-state index in [-0.39, 0.29) is 30.8 Å². The number of β-amino-alcohol motifs (C(OH)–C–C–N with tert-alkyl or cyclic N) is 2. The van der Waals surface area contributed by atoms with Gasteiger partial charge in [0.15, 0.2) is 0 Å². The maximum atomic E-state index is 13.0. The molecule has 0 saturated carbocycles. The Bertz CT molecular complexity index is 2830. The lowest BCUT2D eigenvalue weighted by Crippen LogP contribution is -2.37. The van der Waals surface area contributed by atoms with E-state index < -0.39 is 18.2 Å². The van der Waals surface area contributed by atoms with Crippen LogP contribution in [0.4, 0.5) is 23.0 Å². The number of thiophene rings is 2. The number of aromatic nitrogens is 4. The first-order valence-corrected chi connectivity index (χ1v) is 22.1. The van der Waals surface area contributed by atoms with E-state index in [0.29, 0.717) is 38.8 Å². The summed E-state index contributed by atoms with van der Waals surface area (Å²) in [6.45, 7) is 1.73. The molecule has 4 atom stereocenters. The molecule has 1 saturated heterocycles. The standard InChI is InChI=1S/C24H25N5O4S.C20H18N4O3S/c1-33-19-5-14-8-25-7-13(14)4-16(19)28-22-21-15-3-2-12(6-20(15)34-23(21)27-11-26-22)24(32)29-9-17(30)18(31)10-29;1-27-15-5-12-8-21-7-11(12)4-14(15)24-18-17-13-3-2-10(20(25)26)6-16(13)28-19(17)23-9-22-18/h4-5,7,11-12,17-18,30-31H,2-3,6,8-10H2,1H3,(H,26,27,28);4-5,7,9-10H,2-3,6,8H2,1H3,(H,25,26)(H,22,23,24)/t12?,17-,18-;/m0./s1. The summed E-state index contributed by atoms with van der Waals surface area (Å²) >= 11 is 3.18. The molecule has 318 valence electrons. The Labute approximate surface area is 363 Å². The number of hydrogen-bond acceptors (Lipinski definition) is 16. The highest BCUT2D eigenvalue weighted by Crippen LogP contribution is 2.44. The minimum absolute atomic E-state index is 0.00711. The molecule has 3 aliphatic heterocycles. The highest BCUT2D eigenvalue weighted by molar-refractivity contribution is 7.19. The van der Waals surface area contributed by atoms with Crippen molar-refractivity contribution < 1.29 is 34.4 Å². The zero-order valence-electron chi connectivity index (χ0n) is 33.9. The number of likely N-dealkylation sites (tertiary alicyclic amines) is 1. The van der Waals surface area contributed by atoms with Crippen LogP contribution in [0.5, 0.6) is 11.5 Å². The van der Waals surface area contributed by atoms with Gasteiger partial charge in [0, 0.05) is 41.2 Å². The summed E-state index contributed by atoms with van der Waals surface area (Å²) in [5.41, 5.74) is 8.43. The van der Waals surface area contributed by atoms with E-state index in [2.05, 4.69) is 40.6 Å². The van der Waals surface area contributed by atoms with Crippen LogP contribution in [0.2, 0.25) is 0 Å². The fourth-order valence-electron chi connectivity index (χ4n) is 9.10. The first-order chi connectivity index (χ1) is 30.1. The van der Waals surface area contributed by atoms with E-state index in [9.17, 15) is 24.9 Å². The second kappa shape index (κ2) is 16.3. The van der Waals surface area contributed by atoms with E-state index in [1.165, 1.54) is 11.1 Å². The van der Waals surface area contributed by atoms with Crippen molar-refractivity contribution in [3.8, 4) is 11.5 Å². The summed E-state index contributed by atoms with van der Waals surface area (Å²) in [5, 5.41) is 37.9. The molecule has 18 heteroatoms. The van der Waals surface area contributed by atoms with Crippen LogP contribution in [0.25, 0.3) is 20.4 Å². The van der Waals surface area contributed by atoms with E-state index in [1.54, 1.807) is 54.4 Å². The number of nitrogens with zero attached hydrogens (tertiary/aromatic N) is 7. The highest BCUT2D eigenvalue weighted by Gasteiger charge is 2.38. The van der Waals surface area contributed by atoms with Crippen LogP contribution in [0.15, 0.2) is 46.9 Å². The van der Waals surface area contributed by atoms with Crippen molar-refractivity contribution in [3.63, 3.8) is 0 Å². The Balaban J connectivity index is 0.000000151. The number of aryl methyl sites for hydroxylation is 2. The molecule has 16 nitrogen and oxygen atoms in total. The van der Waals surface area contributed by atoms with Crippen molar-refractivity contribution in [1.29, 1.82) is 0 Å². The van der Waals surface area contributed by atoms with Crippen LogP contribution in [-0.2, 0) is 48.4 Å². The quantitative estimate of drug-likeness (QED) is 0.126. The third-order valence-corrected chi connectivity index (χ3v) is 14.7. The molecule has 5 aliphatic rings. The largest absolute Gasteiger partial charge is 0.495 e. The van der Waals surface area contributed by atoms with Crippen LogP contribution in [-0.4, -0.2) is 104 Å². The number of carbonyl (C=O) groups is 2. The van der Waals surface area contributed by atoms with E-state index >= 15 is 0 Å². The molecule has 7 heterocycles. The fourth-order valence-corrected chi connectivity index (χ4v) is 11.6. The van der Waals surface area contributed by atoms with Gasteiger partial charge >= 0.3 is 5.97 Å². The van der Waals surface area contributed by atoms with E-state index in [0.717, 1.165) is 99.8 Å². The van der Waals surface area contributed by atoms with Crippen LogP contribution in [0.3, 0.4) is 0 Å². The molecule has 1 fully saturated rings. The minimum atomic E-state index is -0.862. The van der Waals surface area contributed by atoms with Gasteiger partial charge in [0.2, 0.25) is 5.91 Å². The van der Waals surface area contributed by atoms with Gasteiger partial charge in [-0.2, -0.15) is 0 Å². The first kappa shape index (κ1) is 40.0. The number of aliphatic imine (C=N–C) groups is 2. The predicted molar refractivity (Wildman–Crippen MR) is 237 cm³/mol. The molecule has 62 heavy (non-hydrogen) atoms. The average Bonchev–Trinajstić information content (AvgIpc) is 4.13. The van der Waals surface area contributed by atoms with Gasteiger partial charge < -0.3 is 40.3 Å². The van der Waals surface area contributed by atoms with E-state index in [4.69, 9.17) is 9.47 Å². The zero-order valence-corrected chi connectivity index (χ0v) is 35.6. The van der Waals surface area contributed by atoms with Crippen molar-refractivity contribution in [1.82, 2.24) is 24.8 Å². The number of carboxylic acids is 1. The topological polar surface area (TPSA) is 217 Å². The lowest BCUT2D eigenvalue weighted by molar-refractivity contribution is -0.142. The zero-order chi connectivity index (χ0) is 42.6. The molecule has 0 spiro atoms. The van der Waals surface area contributed by atoms with E-state index in [1.807, 2.05) is 36.7 Å². The Morgan fingerprint density at radius 1 is 0.710 bits per heavy atom. The fraction of sp³-hybridized carbons (Fsp3) is 0.364. The second-order valence-electron chi connectivity index (χ2n) is 16.1. The molecule has 1 amide bonds. The van der Waals surface area contributed by atoms with Crippen LogP contribution in [0.1, 0.15) is 56.0 Å². The molecule has 4 aromatic heterocycles. The number of anilines is 4.